The summed E-state index contributed by atoms with van der Waals surface area (Å²) in [7, 11) is 0. The minimum atomic E-state index is -1.47. The second kappa shape index (κ2) is 11.8. The number of carbonyl (C=O) groups is 1. The lowest BCUT2D eigenvalue weighted by Gasteiger charge is -2.45. The topological polar surface area (TPSA) is 105 Å². The molecule has 1 aromatic rings. The molecule has 7 heteroatoms. The van der Waals surface area contributed by atoms with E-state index >= 15 is 0 Å². The monoisotopic (exact) mass is 514 g/mol. The lowest BCUT2D eigenvalue weighted by atomic mass is 9.81. The first-order valence-electron chi connectivity index (χ1n) is 13.6. The highest BCUT2D eigenvalue weighted by atomic mass is 16.7. The summed E-state index contributed by atoms with van der Waals surface area (Å²) in [4.78, 5) is 12.7. The number of benzene rings is 1. The van der Waals surface area contributed by atoms with Crippen molar-refractivity contribution in [2.45, 2.75) is 96.1 Å². The first-order valence-corrected chi connectivity index (χ1v) is 13.6. The second-order valence-corrected chi connectivity index (χ2v) is 11.4. The smallest absolute Gasteiger partial charge is 0.331 e. The van der Waals surface area contributed by atoms with Gasteiger partial charge in [0.2, 0.25) is 0 Å². The van der Waals surface area contributed by atoms with Gasteiger partial charge in [0.25, 0.3) is 0 Å². The van der Waals surface area contributed by atoms with Gasteiger partial charge in [-0.2, -0.15) is 0 Å². The highest BCUT2D eigenvalue weighted by Gasteiger charge is 2.50. The fourth-order valence-corrected chi connectivity index (χ4v) is 6.08. The molecule has 2 aliphatic carbocycles. The van der Waals surface area contributed by atoms with Crippen LogP contribution in [0, 0.1) is 17.8 Å². The maximum Gasteiger partial charge on any atom is 0.331 e. The van der Waals surface area contributed by atoms with E-state index in [0.717, 1.165) is 24.8 Å². The number of aliphatic hydroxyl groups excluding tert-OH is 3. The fourth-order valence-electron chi connectivity index (χ4n) is 6.08. The standard InChI is InChI=1S/C30H42O7/c1-18-10-13-21(16-23-19(2)11-14-22(18)23)30(3,4)37-29-28(27(34)26(33)24(17-31)35-29)36-25(32)15-12-20-8-6-5-7-9-20/h5-9,12,15,18-19,21,24,26-29,31,33-34H,10-11,13-14,16-17H2,1-4H3/b15-12+/t18-,19-,21+,24-,26-,27+,28-,29+/m1/s1. The highest BCUT2D eigenvalue weighted by Crippen LogP contribution is 2.47. The van der Waals surface area contributed by atoms with E-state index in [0.29, 0.717) is 11.8 Å². The molecule has 4 rings (SSSR count). The Balaban J connectivity index is 1.51. The van der Waals surface area contributed by atoms with Crippen LogP contribution in [0.25, 0.3) is 6.08 Å². The normalized spacial score (nSPS) is 34.9. The summed E-state index contributed by atoms with van der Waals surface area (Å²) in [6, 6.07) is 9.31. The largest absolute Gasteiger partial charge is 0.451 e. The average molecular weight is 515 g/mol. The molecule has 0 amide bonds. The zero-order valence-electron chi connectivity index (χ0n) is 22.4. The molecule has 3 N–H and O–H groups in total. The van der Waals surface area contributed by atoms with E-state index in [2.05, 4.69) is 13.8 Å². The molecule has 0 unspecified atom stereocenters. The Bertz CT molecular complexity index is 985. The Morgan fingerprint density at radius 1 is 1.05 bits per heavy atom. The van der Waals surface area contributed by atoms with Crippen molar-refractivity contribution >= 4 is 12.0 Å². The molecule has 7 nitrogen and oxygen atoms in total. The van der Waals surface area contributed by atoms with Crippen molar-refractivity contribution in [3.63, 3.8) is 0 Å². The summed E-state index contributed by atoms with van der Waals surface area (Å²) in [5, 5.41) is 31.1. The van der Waals surface area contributed by atoms with Crippen molar-refractivity contribution in [2.24, 2.45) is 17.8 Å². The maximum atomic E-state index is 12.7. The van der Waals surface area contributed by atoms with Gasteiger partial charge in [0, 0.05) is 6.08 Å². The third-order valence-corrected chi connectivity index (χ3v) is 8.55. The Morgan fingerprint density at radius 3 is 2.46 bits per heavy atom. The van der Waals surface area contributed by atoms with Crippen LogP contribution in [-0.4, -0.2) is 64.2 Å². The second-order valence-electron chi connectivity index (χ2n) is 11.4. The van der Waals surface area contributed by atoms with Gasteiger partial charge in [0.05, 0.1) is 12.2 Å². The molecule has 1 saturated heterocycles. The van der Waals surface area contributed by atoms with Crippen molar-refractivity contribution in [3.8, 4) is 0 Å². The summed E-state index contributed by atoms with van der Waals surface area (Å²) < 4.78 is 18.0. The van der Waals surface area contributed by atoms with Crippen LogP contribution >= 0.6 is 0 Å². The Kier molecular flexibility index (Phi) is 8.92. The van der Waals surface area contributed by atoms with E-state index in [1.807, 2.05) is 44.2 Å². The third-order valence-electron chi connectivity index (χ3n) is 8.55. The molecular weight excluding hydrogens is 472 g/mol. The number of rotatable bonds is 7. The minimum Gasteiger partial charge on any atom is -0.451 e. The van der Waals surface area contributed by atoms with Crippen LogP contribution < -0.4 is 0 Å². The van der Waals surface area contributed by atoms with Crippen molar-refractivity contribution in [2.75, 3.05) is 6.61 Å². The van der Waals surface area contributed by atoms with E-state index in [1.54, 1.807) is 17.2 Å². The number of aliphatic hydroxyl groups is 3. The first kappa shape index (κ1) is 28.0. The fraction of sp³-hybridized carbons (Fsp3) is 0.633. The quantitative estimate of drug-likeness (QED) is 0.287. The molecule has 8 atom stereocenters. The molecule has 1 fully saturated rings. The lowest BCUT2D eigenvalue weighted by Crippen LogP contribution is -2.62. The van der Waals surface area contributed by atoms with E-state index < -0.39 is 48.9 Å². The molecule has 0 saturated carbocycles. The Hall–Kier alpha value is -2.03. The van der Waals surface area contributed by atoms with Crippen LogP contribution in [0.1, 0.15) is 65.4 Å². The van der Waals surface area contributed by atoms with Gasteiger partial charge >= 0.3 is 5.97 Å². The number of hydrogen-bond donors (Lipinski definition) is 3. The minimum absolute atomic E-state index is 0.206. The molecule has 1 heterocycles. The number of hydrogen-bond acceptors (Lipinski definition) is 7. The number of carbonyl (C=O) groups excluding carboxylic acids is 1. The number of ether oxygens (including phenoxy) is 3. The molecule has 0 bridgehead atoms. The average Bonchev–Trinajstić information content (AvgIpc) is 3.15. The Morgan fingerprint density at radius 2 is 1.76 bits per heavy atom. The van der Waals surface area contributed by atoms with Gasteiger partial charge in [0.1, 0.15) is 18.3 Å². The predicted octanol–water partition coefficient (Wildman–Crippen LogP) is 4.01. The molecular formula is C30H42O7. The molecule has 0 aromatic heterocycles. The first-order chi connectivity index (χ1) is 17.6. The maximum absolute atomic E-state index is 12.7. The highest BCUT2D eigenvalue weighted by molar-refractivity contribution is 5.87. The summed E-state index contributed by atoms with van der Waals surface area (Å²) >= 11 is 0. The van der Waals surface area contributed by atoms with Gasteiger partial charge in [-0.15, -0.1) is 0 Å². The zero-order chi connectivity index (χ0) is 26.7. The van der Waals surface area contributed by atoms with Crippen molar-refractivity contribution in [1.29, 1.82) is 0 Å². The summed E-state index contributed by atoms with van der Waals surface area (Å²) in [6.07, 6.45) is 1.93. The lowest BCUT2D eigenvalue weighted by molar-refractivity contribution is -0.329. The molecule has 204 valence electrons. The SMILES string of the molecule is C[C@@H]1CC[C@H](C(C)(C)O[C@@H]2O[C@H](CO)[C@@H](O)[C@H](O)[C@H]2OC(=O)/C=C/c2ccccc2)CC2=C1CC[C@H]2C. The summed E-state index contributed by atoms with van der Waals surface area (Å²) in [5.41, 5.74) is 3.32. The van der Waals surface area contributed by atoms with E-state index in [-0.39, 0.29) is 5.92 Å². The number of esters is 1. The van der Waals surface area contributed by atoms with Crippen LogP contribution in [0.2, 0.25) is 0 Å². The van der Waals surface area contributed by atoms with Crippen LogP contribution in [0.5, 0.6) is 0 Å². The van der Waals surface area contributed by atoms with Crippen molar-refractivity contribution < 1.29 is 34.3 Å². The van der Waals surface area contributed by atoms with E-state index in [9.17, 15) is 20.1 Å². The van der Waals surface area contributed by atoms with Crippen LogP contribution in [-0.2, 0) is 19.0 Å². The molecule has 1 aliphatic heterocycles. The third kappa shape index (κ3) is 6.35. The van der Waals surface area contributed by atoms with E-state index in [4.69, 9.17) is 14.2 Å². The van der Waals surface area contributed by atoms with Crippen molar-refractivity contribution in [3.05, 3.63) is 53.1 Å². The molecule has 0 radical (unpaired) electrons. The van der Waals surface area contributed by atoms with Gasteiger partial charge in [0.15, 0.2) is 12.4 Å². The van der Waals surface area contributed by atoms with Crippen molar-refractivity contribution in [1.82, 2.24) is 0 Å². The van der Waals surface area contributed by atoms with Gasteiger partial charge in [-0.3, -0.25) is 0 Å². The van der Waals surface area contributed by atoms with Crippen LogP contribution in [0.3, 0.4) is 0 Å². The molecule has 1 aromatic carbocycles. The zero-order valence-corrected chi connectivity index (χ0v) is 22.4. The van der Waals surface area contributed by atoms with Gasteiger partial charge in [-0.05, 0) is 75.3 Å². The Labute approximate surface area is 220 Å². The van der Waals surface area contributed by atoms with Crippen LogP contribution in [0.15, 0.2) is 47.6 Å². The summed E-state index contributed by atoms with van der Waals surface area (Å²) in [6.45, 7) is 8.14. The number of allylic oxidation sites excluding steroid dienone is 2. The van der Waals surface area contributed by atoms with Gasteiger partial charge in [-0.1, -0.05) is 55.3 Å². The predicted molar refractivity (Wildman–Crippen MR) is 140 cm³/mol. The molecule has 3 aliphatic rings. The summed E-state index contributed by atoms with van der Waals surface area (Å²) in [5.74, 6) is 0.654. The van der Waals surface area contributed by atoms with Gasteiger partial charge in [-0.25, -0.2) is 4.79 Å². The van der Waals surface area contributed by atoms with Gasteiger partial charge < -0.3 is 29.5 Å². The van der Waals surface area contributed by atoms with E-state index in [1.165, 1.54) is 18.9 Å². The molecule has 37 heavy (non-hydrogen) atoms. The van der Waals surface area contributed by atoms with Crippen LogP contribution in [0.4, 0.5) is 0 Å². The molecule has 0 spiro atoms.